The summed E-state index contributed by atoms with van der Waals surface area (Å²) in [5.41, 5.74) is 0.675. The molecule has 2 unspecified atom stereocenters. The van der Waals surface area contributed by atoms with Crippen molar-refractivity contribution in [2.24, 2.45) is 5.92 Å². The Bertz CT molecular complexity index is 842. The van der Waals surface area contributed by atoms with Gasteiger partial charge < -0.3 is 10.6 Å². The molecule has 2 atom stereocenters. The van der Waals surface area contributed by atoms with E-state index in [0.717, 1.165) is 5.56 Å². The topological polar surface area (TPSA) is 58.2 Å². The maximum absolute atomic E-state index is 13.8. The van der Waals surface area contributed by atoms with Gasteiger partial charge in [-0.2, -0.15) is 0 Å². The monoisotopic (exact) mass is 410 g/mol. The van der Waals surface area contributed by atoms with Gasteiger partial charge in [0, 0.05) is 0 Å². The van der Waals surface area contributed by atoms with Crippen LogP contribution >= 0.6 is 23.2 Å². The fourth-order valence-corrected chi connectivity index (χ4v) is 2.87. The zero-order valence-electron chi connectivity index (χ0n) is 15.2. The fourth-order valence-electron chi connectivity index (χ4n) is 2.57. The molecule has 0 aliphatic carbocycles. The van der Waals surface area contributed by atoms with Gasteiger partial charge in [-0.05, 0) is 42.7 Å². The highest BCUT2D eigenvalue weighted by Crippen LogP contribution is 2.25. The second-order valence-corrected chi connectivity index (χ2v) is 7.39. The zero-order valence-corrected chi connectivity index (χ0v) is 16.7. The Morgan fingerprint density at radius 2 is 1.63 bits per heavy atom. The lowest BCUT2D eigenvalue weighted by molar-refractivity contribution is -0.124. The molecule has 7 heteroatoms. The Hall–Kier alpha value is -2.11. The minimum absolute atomic E-state index is 0.103. The highest BCUT2D eigenvalue weighted by molar-refractivity contribution is 6.42. The van der Waals surface area contributed by atoms with Crippen molar-refractivity contribution in [2.75, 3.05) is 0 Å². The number of hydrogen-bond acceptors (Lipinski definition) is 2. The molecule has 4 nitrogen and oxygen atoms in total. The molecule has 2 aromatic carbocycles. The Balaban J connectivity index is 2.11. The van der Waals surface area contributed by atoms with Gasteiger partial charge in [-0.15, -0.1) is 0 Å². The number of carbonyl (C=O) groups is 2. The molecule has 0 aliphatic heterocycles. The third kappa shape index (κ3) is 5.44. The first kappa shape index (κ1) is 21.2. The largest absolute Gasteiger partial charge is 0.348 e. The van der Waals surface area contributed by atoms with E-state index in [1.54, 1.807) is 45.0 Å². The van der Waals surface area contributed by atoms with Crippen LogP contribution in [-0.2, 0) is 4.79 Å². The lowest BCUT2D eigenvalue weighted by Crippen LogP contribution is -2.50. The summed E-state index contributed by atoms with van der Waals surface area (Å²) in [6.07, 6.45) is 0. The van der Waals surface area contributed by atoms with Gasteiger partial charge in [0.15, 0.2) is 0 Å². The third-order valence-electron chi connectivity index (χ3n) is 4.16. The summed E-state index contributed by atoms with van der Waals surface area (Å²) in [6.45, 7) is 5.40. The Labute approximate surface area is 168 Å². The normalized spacial score (nSPS) is 13.1. The van der Waals surface area contributed by atoms with Gasteiger partial charge in [0.25, 0.3) is 5.91 Å². The molecule has 0 aromatic heterocycles. The molecule has 0 bridgehead atoms. The second-order valence-electron chi connectivity index (χ2n) is 6.58. The van der Waals surface area contributed by atoms with Gasteiger partial charge in [0.05, 0.1) is 21.7 Å². The van der Waals surface area contributed by atoms with Crippen LogP contribution in [0.1, 0.15) is 42.7 Å². The lowest BCUT2D eigenvalue weighted by atomic mass is 10.0. The van der Waals surface area contributed by atoms with Crippen molar-refractivity contribution in [3.05, 3.63) is 69.5 Å². The summed E-state index contributed by atoms with van der Waals surface area (Å²) in [5, 5.41) is 6.28. The molecular weight excluding hydrogens is 390 g/mol. The predicted molar refractivity (Wildman–Crippen MR) is 106 cm³/mol. The molecule has 0 heterocycles. The molecule has 2 N–H and O–H groups in total. The quantitative estimate of drug-likeness (QED) is 0.720. The second kappa shape index (κ2) is 9.20. The molecule has 27 heavy (non-hydrogen) atoms. The smallest absolute Gasteiger partial charge is 0.254 e. The molecule has 0 saturated heterocycles. The SMILES string of the molecule is CC(NC(=O)C(NC(=O)c1ccccc1F)C(C)C)c1ccc(Cl)c(Cl)c1. The molecule has 0 spiro atoms. The van der Waals surface area contributed by atoms with Crippen LogP contribution in [0.4, 0.5) is 4.39 Å². The maximum atomic E-state index is 13.8. The number of halogens is 3. The fraction of sp³-hybridized carbons (Fsp3) is 0.300. The highest BCUT2D eigenvalue weighted by atomic mass is 35.5. The van der Waals surface area contributed by atoms with Gasteiger partial charge >= 0.3 is 0 Å². The van der Waals surface area contributed by atoms with Crippen LogP contribution in [0.5, 0.6) is 0 Å². The van der Waals surface area contributed by atoms with E-state index in [0.29, 0.717) is 10.0 Å². The summed E-state index contributed by atoms with van der Waals surface area (Å²) < 4.78 is 13.8. The predicted octanol–water partition coefficient (Wildman–Crippen LogP) is 4.76. The number of amides is 2. The lowest BCUT2D eigenvalue weighted by Gasteiger charge is -2.24. The van der Waals surface area contributed by atoms with Gasteiger partial charge in [0.2, 0.25) is 5.91 Å². The van der Waals surface area contributed by atoms with E-state index in [4.69, 9.17) is 23.2 Å². The van der Waals surface area contributed by atoms with E-state index in [1.807, 2.05) is 0 Å². The van der Waals surface area contributed by atoms with Crippen LogP contribution in [0.3, 0.4) is 0 Å². The summed E-state index contributed by atoms with van der Waals surface area (Å²) >= 11 is 11.9. The van der Waals surface area contributed by atoms with Crippen LogP contribution in [-0.4, -0.2) is 17.9 Å². The first-order valence-electron chi connectivity index (χ1n) is 8.51. The average Bonchev–Trinajstić information content (AvgIpc) is 2.61. The third-order valence-corrected chi connectivity index (χ3v) is 4.90. The minimum Gasteiger partial charge on any atom is -0.348 e. The maximum Gasteiger partial charge on any atom is 0.254 e. The molecular formula is C20H21Cl2FN2O2. The number of benzene rings is 2. The first-order chi connectivity index (χ1) is 12.7. The van der Waals surface area contributed by atoms with Gasteiger partial charge in [0.1, 0.15) is 11.9 Å². The standard InChI is InChI=1S/C20H21Cl2FN2O2/c1-11(2)18(25-19(26)14-6-4-5-7-17(14)23)20(27)24-12(3)13-8-9-15(21)16(22)10-13/h4-12,18H,1-3H3,(H,24,27)(H,25,26). The van der Waals surface area contributed by atoms with Crippen molar-refractivity contribution in [3.63, 3.8) is 0 Å². The molecule has 0 saturated carbocycles. The highest BCUT2D eigenvalue weighted by Gasteiger charge is 2.27. The first-order valence-corrected chi connectivity index (χ1v) is 9.27. The van der Waals surface area contributed by atoms with Crippen LogP contribution in [0.25, 0.3) is 0 Å². The van der Waals surface area contributed by atoms with Crippen molar-refractivity contribution in [3.8, 4) is 0 Å². The molecule has 2 rings (SSSR count). The summed E-state index contributed by atoms with van der Waals surface area (Å²) in [6, 6.07) is 9.57. The average molecular weight is 411 g/mol. The molecule has 0 radical (unpaired) electrons. The summed E-state index contributed by atoms with van der Waals surface area (Å²) in [5.74, 6) is -1.83. The molecule has 2 aromatic rings. The number of rotatable bonds is 6. The number of carbonyl (C=O) groups excluding carboxylic acids is 2. The Kier molecular flexibility index (Phi) is 7.22. The van der Waals surface area contributed by atoms with Crippen molar-refractivity contribution >= 4 is 35.0 Å². The van der Waals surface area contributed by atoms with Crippen LogP contribution in [0.2, 0.25) is 10.0 Å². The van der Waals surface area contributed by atoms with E-state index in [1.165, 1.54) is 18.2 Å². The van der Waals surface area contributed by atoms with Crippen molar-refractivity contribution in [1.29, 1.82) is 0 Å². The van der Waals surface area contributed by atoms with Crippen molar-refractivity contribution < 1.29 is 14.0 Å². The van der Waals surface area contributed by atoms with E-state index in [2.05, 4.69) is 10.6 Å². The molecule has 0 aliphatic rings. The van der Waals surface area contributed by atoms with Gasteiger partial charge in [-0.3, -0.25) is 9.59 Å². The number of hydrogen-bond donors (Lipinski definition) is 2. The van der Waals surface area contributed by atoms with E-state index < -0.39 is 17.8 Å². The van der Waals surface area contributed by atoms with Crippen LogP contribution in [0.15, 0.2) is 42.5 Å². The zero-order chi connectivity index (χ0) is 20.1. The van der Waals surface area contributed by atoms with Crippen molar-refractivity contribution in [1.82, 2.24) is 10.6 Å². The van der Waals surface area contributed by atoms with E-state index >= 15 is 0 Å². The molecule has 2 amide bonds. The van der Waals surface area contributed by atoms with Crippen LogP contribution in [0, 0.1) is 11.7 Å². The Morgan fingerprint density at radius 1 is 0.963 bits per heavy atom. The van der Waals surface area contributed by atoms with E-state index in [-0.39, 0.29) is 23.4 Å². The van der Waals surface area contributed by atoms with Crippen LogP contribution < -0.4 is 10.6 Å². The van der Waals surface area contributed by atoms with E-state index in [9.17, 15) is 14.0 Å². The summed E-state index contributed by atoms with van der Waals surface area (Å²) in [4.78, 5) is 25.1. The molecule has 144 valence electrons. The van der Waals surface area contributed by atoms with Crippen molar-refractivity contribution in [2.45, 2.75) is 32.9 Å². The number of nitrogens with one attached hydrogen (secondary N) is 2. The Morgan fingerprint density at radius 3 is 2.22 bits per heavy atom. The minimum atomic E-state index is -0.817. The van der Waals surface area contributed by atoms with Gasteiger partial charge in [-0.1, -0.05) is 55.2 Å². The summed E-state index contributed by atoms with van der Waals surface area (Å²) in [7, 11) is 0. The van der Waals surface area contributed by atoms with Gasteiger partial charge in [-0.25, -0.2) is 4.39 Å². The molecule has 0 fully saturated rings.